The van der Waals surface area contributed by atoms with Gasteiger partial charge >= 0.3 is 0 Å². The van der Waals surface area contributed by atoms with E-state index in [0.717, 1.165) is 22.2 Å². The van der Waals surface area contributed by atoms with E-state index in [0.29, 0.717) is 30.3 Å². The third kappa shape index (κ3) is 4.88. The summed E-state index contributed by atoms with van der Waals surface area (Å²) < 4.78 is 0. The Kier molecular flexibility index (Phi) is 5.80. The highest BCUT2D eigenvalue weighted by molar-refractivity contribution is 5.98. The van der Waals surface area contributed by atoms with Gasteiger partial charge in [0.2, 0.25) is 0 Å². The topological polar surface area (TPSA) is 91.8 Å². The molecule has 0 radical (unpaired) electrons. The lowest BCUT2D eigenvalue weighted by Crippen LogP contribution is -2.28. The van der Waals surface area contributed by atoms with Crippen molar-refractivity contribution in [2.75, 3.05) is 23.7 Å². The smallest absolute Gasteiger partial charge is 0.251 e. The van der Waals surface area contributed by atoms with Gasteiger partial charge in [-0.2, -0.15) is 0 Å². The minimum atomic E-state index is -0.0990. The Hall–Kier alpha value is -4.00. The number of carbonyl (C=O) groups is 1. The van der Waals surface area contributed by atoms with Gasteiger partial charge in [0.1, 0.15) is 23.8 Å². The number of carbonyl (C=O) groups excluding carboxylic acids is 1. The van der Waals surface area contributed by atoms with E-state index in [1.165, 1.54) is 6.33 Å². The maximum atomic E-state index is 12.4. The van der Waals surface area contributed by atoms with Crippen LogP contribution in [-0.4, -0.2) is 33.9 Å². The molecular formula is C23H22N6O. The number of pyridine rings is 1. The van der Waals surface area contributed by atoms with Gasteiger partial charge < -0.3 is 16.0 Å². The normalized spacial score (nSPS) is 10.6. The molecule has 1 amide bonds. The van der Waals surface area contributed by atoms with Gasteiger partial charge in [0.05, 0.1) is 0 Å². The van der Waals surface area contributed by atoms with Crippen LogP contribution in [0.2, 0.25) is 0 Å². The molecule has 30 heavy (non-hydrogen) atoms. The summed E-state index contributed by atoms with van der Waals surface area (Å²) in [5, 5.41) is 11.4. The van der Waals surface area contributed by atoms with Crippen molar-refractivity contribution in [2.24, 2.45) is 0 Å². The van der Waals surface area contributed by atoms with E-state index in [1.807, 2.05) is 61.5 Å². The molecule has 4 aromatic rings. The second kappa shape index (κ2) is 9.00. The van der Waals surface area contributed by atoms with Crippen molar-refractivity contribution in [1.29, 1.82) is 0 Å². The first-order valence-corrected chi connectivity index (χ1v) is 9.70. The number of anilines is 3. The standard InChI is InChI=1S/C23H22N6O/c1-16-8-9-24-21(12-16)29-22-14-20(27-15-28-22)25-10-11-26-23(30)19-7-6-17-4-2-3-5-18(17)13-19/h2-9,12-15H,10-11H2,1H3,(H,26,30)(H2,24,25,27,28,29). The molecule has 0 unspecified atom stereocenters. The average molecular weight is 398 g/mol. The summed E-state index contributed by atoms with van der Waals surface area (Å²) in [6.45, 7) is 3.02. The largest absolute Gasteiger partial charge is 0.368 e. The third-order valence-corrected chi connectivity index (χ3v) is 4.57. The maximum absolute atomic E-state index is 12.4. The van der Waals surface area contributed by atoms with E-state index in [4.69, 9.17) is 0 Å². The predicted octanol–water partition coefficient (Wildman–Crippen LogP) is 3.92. The molecule has 0 aliphatic heterocycles. The Bertz CT molecular complexity index is 1180. The molecule has 0 saturated heterocycles. The lowest BCUT2D eigenvalue weighted by Gasteiger charge is -2.10. The van der Waals surface area contributed by atoms with Gasteiger partial charge in [-0.15, -0.1) is 0 Å². The van der Waals surface area contributed by atoms with Crippen LogP contribution < -0.4 is 16.0 Å². The Labute approximate surface area is 174 Å². The summed E-state index contributed by atoms with van der Waals surface area (Å²) >= 11 is 0. The van der Waals surface area contributed by atoms with Crippen LogP contribution in [0.4, 0.5) is 17.5 Å². The van der Waals surface area contributed by atoms with Crippen LogP contribution in [0.15, 0.2) is 73.2 Å². The quantitative estimate of drug-likeness (QED) is 0.409. The zero-order valence-corrected chi connectivity index (χ0v) is 16.6. The van der Waals surface area contributed by atoms with Gasteiger partial charge in [0.25, 0.3) is 5.91 Å². The zero-order chi connectivity index (χ0) is 20.8. The van der Waals surface area contributed by atoms with Crippen LogP contribution in [0, 0.1) is 6.92 Å². The molecule has 0 aliphatic rings. The summed E-state index contributed by atoms with van der Waals surface area (Å²) in [5.41, 5.74) is 1.76. The summed E-state index contributed by atoms with van der Waals surface area (Å²) in [7, 11) is 0. The van der Waals surface area contributed by atoms with Crippen LogP contribution in [0.3, 0.4) is 0 Å². The first kappa shape index (κ1) is 19.3. The number of rotatable bonds is 7. The Morgan fingerprint density at radius 3 is 2.50 bits per heavy atom. The van der Waals surface area contributed by atoms with Crippen molar-refractivity contribution in [3.8, 4) is 0 Å². The number of fused-ring (bicyclic) bond motifs is 1. The van der Waals surface area contributed by atoms with Crippen LogP contribution in [-0.2, 0) is 0 Å². The fourth-order valence-electron chi connectivity index (χ4n) is 3.06. The first-order valence-electron chi connectivity index (χ1n) is 9.70. The molecule has 0 spiro atoms. The number of benzene rings is 2. The fourth-order valence-corrected chi connectivity index (χ4v) is 3.06. The highest BCUT2D eigenvalue weighted by atomic mass is 16.1. The van der Waals surface area contributed by atoms with Crippen molar-refractivity contribution < 1.29 is 4.79 Å². The molecule has 3 N–H and O–H groups in total. The Balaban J connectivity index is 1.29. The maximum Gasteiger partial charge on any atom is 0.251 e. The van der Waals surface area contributed by atoms with E-state index in [9.17, 15) is 4.79 Å². The molecule has 0 saturated carbocycles. The van der Waals surface area contributed by atoms with E-state index in [2.05, 4.69) is 30.9 Å². The first-order chi connectivity index (χ1) is 14.7. The minimum absolute atomic E-state index is 0.0990. The van der Waals surface area contributed by atoms with Gasteiger partial charge in [-0.1, -0.05) is 30.3 Å². The van der Waals surface area contributed by atoms with Crippen molar-refractivity contribution in [2.45, 2.75) is 6.92 Å². The molecule has 0 atom stereocenters. The molecule has 0 fully saturated rings. The van der Waals surface area contributed by atoms with Crippen molar-refractivity contribution in [3.05, 3.63) is 84.3 Å². The van der Waals surface area contributed by atoms with Gasteiger partial charge in [-0.25, -0.2) is 15.0 Å². The van der Waals surface area contributed by atoms with E-state index in [1.54, 1.807) is 12.3 Å². The molecule has 2 aromatic carbocycles. The molecule has 4 rings (SSSR count). The summed E-state index contributed by atoms with van der Waals surface area (Å²) in [4.78, 5) is 25.1. The second-order valence-electron chi connectivity index (χ2n) is 6.88. The second-order valence-corrected chi connectivity index (χ2v) is 6.88. The van der Waals surface area contributed by atoms with Crippen LogP contribution in [0.25, 0.3) is 10.8 Å². The van der Waals surface area contributed by atoms with Gasteiger partial charge in [0.15, 0.2) is 0 Å². The Morgan fingerprint density at radius 1 is 0.833 bits per heavy atom. The number of hydrogen-bond acceptors (Lipinski definition) is 6. The molecule has 2 aromatic heterocycles. The van der Waals surface area contributed by atoms with Crippen LogP contribution >= 0.6 is 0 Å². The van der Waals surface area contributed by atoms with E-state index < -0.39 is 0 Å². The van der Waals surface area contributed by atoms with E-state index >= 15 is 0 Å². The van der Waals surface area contributed by atoms with E-state index in [-0.39, 0.29) is 5.91 Å². The highest BCUT2D eigenvalue weighted by Crippen LogP contribution is 2.16. The van der Waals surface area contributed by atoms with Gasteiger partial charge in [-0.05, 0) is 47.5 Å². The average Bonchev–Trinajstić information content (AvgIpc) is 2.76. The SMILES string of the molecule is Cc1ccnc(Nc2cc(NCCNC(=O)c3ccc4ccccc4c3)ncn2)c1. The van der Waals surface area contributed by atoms with Crippen molar-refractivity contribution in [3.63, 3.8) is 0 Å². The zero-order valence-electron chi connectivity index (χ0n) is 16.6. The number of aromatic nitrogens is 3. The number of nitrogens with zero attached hydrogens (tertiary/aromatic N) is 3. The van der Waals surface area contributed by atoms with Gasteiger partial charge in [-0.3, -0.25) is 4.79 Å². The Morgan fingerprint density at radius 2 is 1.63 bits per heavy atom. The van der Waals surface area contributed by atoms with Gasteiger partial charge in [0, 0.05) is 30.9 Å². The lowest BCUT2D eigenvalue weighted by atomic mass is 10.1. The summed E-state index contributed by atoms with van der Waals surface area (Å²) in [6, 6.07) is 19.4. The van der Waals surface area contributed by atoms with Crippen LogP contribution in [0.5, 0.6) is 0 Å². The monoisotopic (exact) mass is 398 g/mol. The molecule has 150 valence electrons. The number of nitrogens with one attached hydrogen (secondary N) is 3. The van der Waals surface area contributed by atoms with Crippen molar-refractivity contribution in [1.82, 2.24) is 20.3 Å². The number of aryl methyl sites for hydroxylation is 1. The lowest BCUT2D eigenvalue weighted by molar-refractivity contribution is 0.0955. The van der Waals surface area contributed by atoms with Crippen molar-refractivity contribution >= 4 is 34.1 Å². The molecule has 0 aliphatic carbocycles. The predicted molar refractivity (Wildman–Crippen MR) is 119 cm³/mol. The van der Waals surface area contributed by atoms with Crippen LogP contribution in [0.1, 0.15) is 15.9 Å². The summed E-state index contributed by atoms with van der Waals surface area (Å²) in [5.74, 6) is 1.94. The molecule has 0 bridgehead atoms. The molecule has 2 heterocycles. The number of amides is 1. The summed E-state index contributed by atoms with van der Waals surface area (Å²) in [6.07, 6.45) is 3.23. The molecule has 7 nitrogen and oxygen atoms in total. The molecular weight excluding hydrogens is 376 g/mol. The highest BCUT2D eigenvalue weighted by Gasteiger charge is 2.06. The number of hydrogen-bond donors (Lipinski definition) is 3. The fraction of sp³-hybridized carbons (Fsp3) is 0.130. The third-order valence-electron chi connectivity index (χ3n) is 4.57. The minimum Gasteiger partial charge on any atom is -0.368 e. The molecule has 7 heteroatoms.